The minimum atomic E-state index is -3.91. The van der Waals surface area contributed by atoms with E-state index in [4.69, 9.17) is 14.7 Å². The normalized spacial score (nSPS) is 19.9. The minimum Gasteiger partial charge on any atom is -0.495 e. The maximum atomic E-state index is 13.8. The first-order chi connectivity index (χ1) is 14.4. The molecule has 1 aromatic heterocycles. The summed E-state index contributed by atoms with van der Waals surface area (Å²) in [6.07, 6.45) is 2.29. The van der Waals surface area contributed by atoms with Gasteiger partial charge >= 0.3 is 0 Å². The van der Waals surface area contributed by atoms with Crippen molar-refractivity contribution in [2.45, 2.75) is 36.6 Å². The van der Waals surface area contributed by atoms with Gasteiger partial charge in [-0.05, 0) is 31.0 Å². The van der Waals surface area contributed by atoms with Crippen LogP contribution in [0.5, 0.6) is 5.75 Å². The zero-order chi connectivity index (χ0) is 21.3. The Labute approximate surface area is 175 Å². The highest BCUT2D eigenvalue weighted by molar-refractivity contribution is 7.89. The van der Waals surface area contributed by atoms with Crippen molar-refractivity contribution in [3.8, 4) is 5.75 Å². The van der Waals surface area contributed by atoms with Gasteiger partial charge in [0.1, 0.15) is 28.1 Å². The lowest BCUT2D eigenvalue weighted by atomic mass is 9.98. The van der Waals surface area contributed by atoms with Crippen LogP contribution in [0.4, 0.5) is 10.2 Å². The molecule has 1 fully saturated rings. The van der Waals surface area contributed by atoms with Gasteiger partial charge in [0.2, 0.25) is 10.0 Å². The van der Waals surface area contributed by atoms with Gasteiger partial charge in [-0.15, -0.1) is 0 Å². The van der Waals surface area contributed by atoms with Crippen LogP contribution < -0.4 is 15.4 Å². The van der Waals surface area contributed by atoms with Gasteiger partial charge in [0.15, 0.2) is 0 Å². The first-order valence-corrected chi connectivity index (χ1v) is 11.5. The van der Waals surface area contributed by atoms with Gasteiger partial charge in [0, 0.05) is 51.1 Å². The van der Waals surface area contributed by atoms with Gasteiger partial charge in [0.25, 0.3) is 0 Å². The van der Waals surface area contributed by atoms with Gasteiger partial charge in [-0.1, -0.05) is 0 Å². The molecule has 1 atom stereocenters. The summed E-state index contributed by atoms with van der Waals surface area (Å²) in [5, 5.41) is 6.47. The van der Waals surface area contributed by atoms with Crippen molar-refractivity contribution >= 4 is 15.8 Å². The third-order valence-electron chi connectivity index (χ3n) is 5.68. The number of hydrogen-bond acceptors (Lipinski definition) is 7. The first-order valence-electron chi connectivity index (χ1n) is 10.1. The summed E-state index contributed by atoms with van der Waals surface area (Å²) < 4.78 is 46.9. The summed E-state index contributed by atoms with van der Waals surface area (Å²) in [4.78, 5) is 9.33. The summed E-state index contributed by atoms with van der Waals surface area (Å²) in [6, 6.07) is 3.54. The predicted octanol–water partition coefficient (Wildman–Crippen LogP) is 1.88. The van der Waals surface area contributed by atoms with Gasteiger partial charge < -0.3 is 15.4 Å². The molecule has 0 unspecified atom stereocenters. The molecular weight excluding hydrogens is 409 g/mol. The Morgan fingerprint density at radius 3 is 2.93 bits per heavy atom. The minimum absolute atomic E-state index is 0.125. The Morgan fingerprint density at radius 2 is 2.17 bits per heavy atom. The van der Waals surface area contributed by atoms with E-state index in [2.05, 4.69) is 10.6 Å². The number of sulfonamides is 1. The SMILES string of the molecule is CNc1nc([C@H]2CCCN(S(=O)(=O)c3cc(F)ccc3OC)C2)nc2c1CNCC2. The van der Waals surface area contributed by atoms with Crippen molar-refractivity contribution in [3.05, 3.63) is 41.1 Å². The molecule has 30 heavy (non-hydrogen) atoms. The summed E-state index contributed by atoms with van der Waals surface area (Å²) in [5.74, 6) is 0.835. The number of rotatable bonds is 5. The summed E-state index contributed by atoms with van der Waals surface area (Å²) in [5.41, 5.74) is 2.08. The van der Waals surface area contributed by atoms with E-state index in [0.717, 1.165) is 49.1 Å². The third-order valence-corrected chi connectivity index (χ3v) is 7.57. The molecule has 8 nitrogen and oxygen atoms in total. The second-order valence-corrected chi connectivity index (χ2v) is 9.44. The largest absolute Gasteiger partial charge is 0.495 e. The number of fused-ring (bicyclic) bond motifs is 1. The molecule has 4 rings (SSSR count). The zero-order valence-electron chi connectivity index (χ0n) is 17.1. The van der Waals surface area contributed by atoms with E-state index in [9.17, 15) is 12.8 Å². The molecule has 0 radical (unpaired) electrons. The van der Waals surface area contributed by atoms with Crippen LogP contribution in [0.2, 0.25) is 0 Å². The topological polar surface area (TPSA) is 96.5 Å². The fraction of sp³-hybridized carbons (Fsp3) is 0.500. The summed E-state index contributed by atoms with van der Waals surface area (Å²) in [6.45, 7) is 2.20. The number of piperidine rings is 1. The van der Waals surface area contributed by atoms with E-state index in [1.807, 2.05) is 7.05 Å². The number of hydrogen-bond donors (Lipinski definition) is 2. The molecule has 162 valence electrons. The lowest BCUT2D eigenvalue weighted by Gasteiger charge is -2.32. The lowest BCUT2D eigenvalue weighted by molar-refractivity contribution is 0.306. The molecular formula is C20H26FN5O3S. The highest BCUT2D eigenvalue weighted by Gasteiger charge is 2.34. The molecule has 2 aromatic rings. The standard InChI is InChI=1S/C20H26FN5O3S/c1-22-20-15-11-23-8-7-16(15)24-19(25-20)13-4-3-9-26(12-13)30(27,28)18-10-14(21)5-6-17(18)29-2/h5-6,10,13,23H,3-4,7-9,11-12H2,1-2H3,(H,22,24,25)/t13-/m0/s1. The van der Waals surface area contributed by atoms with Crippen LogP contribution in [-0.2, 0) is 23.0 Å². The van der Waals surface area contributed by atoms with Crippen LogP contribution in [0, 0.1) is 5.82 Å². The van der Waals surface area contributed by atoms with Crippen molar-refractivity contribution in [3.63, 3.8) is 0 Å². The smallest absolute Gasteiger partial charge is 0.246 e. The van der Waals surface area contributed by atoms with Crippen LogP contribution in [0.1, 0.15) is 35.8 Å². The second kappa shape index (κ2) is 8.44. The molecule has 0 aliphatic carbocycles. The molecule has 0 bridgehead atoms. The van der Waals surface area contributed by atoms with E-state index < -0.39 is 15.8 Å². The van der Waals surface area contributed by atoms with Crippen molar-refractivity contribution < 1.29 is 17.5 Å². The van der Waals surface area contributed by atoms with Crippen LogP contribution in [0.15, 0.2) is 23.1 Å². The summed E-state index contributed by atoms with van der Waals surface area (Å²) >= 11 is 0. The monoisotopic (exact) mass is 435 g/mol. The third kappa shape index (κ3) is 3.86. The molecule has 0 amide bonds. The molecule has 0 spiro atoms. The van der Waals surface area contributed by atoms with Gasteiger partial charge in [0.05, 0.1) is 12.8 Å². The molecule has 1 saturated heterocycles. The molecule has 10 heteroatoms. The average molecular weight is 436 g/mol. The number of ether oxygens (including phenoxy) is 1. The van der Waals surface area contributed by atoms with Crippen molar-refractivity contribution in [2.24, 2.45) is 0 Å². The zero-order valence-corrected chi connectivity index (χ0v) is 17.9. The number of anilines is 1. The molecule has 2 aliphatic rings. The highest BCUT2D eigenvalue weighted by atomic mass is 32.2. The fourth-order valence-electron chi connectivity index (χ4n) is 4.11. The number of benzene rings is 1. The lowest BCUT2D eigenvalue weighted by Crippen LogP contribution is -2.40. The molecule has 3 heterocycles. The van der Waals surface area contributed by atoms with Crippen LogP contribution >= 0.6 is 0 Å². The average Bonchev–Trinajstić information content (AvgIpc) is 2.78. The number of methoxy groups -OCH3 is 1. The Bertz CT molecular complexity index is 1030. The number of aromatic nitrogens is 2. The Hall–Kier alpha value is -2.30. The number of nitrogens with one attached hydrogen (secondary N) is 2. The number of halogens is 1. The first kappa shape index (κ1) is 21.0. The molecule has 2 aliphatic heterocycles. The molecule has 1 aromatic carbocycles. The van der Waals surface area contributed by atoms with E-state index >= 15 is 0 Å². The summed E-state index contributed by atoms with van der Waals surface area (Å²) in [7, 11) is -0.710. The van der Waals surface area contributed by atoms with Crippen LogP contribution in [-0.4, -0.2) is 56.5 Å². The quantitative estimate of drug-likeness (QED) is 0.740. The van der Waals surface area contributed by atoms with Crippen molar-refractivity contribution in [1.29, 1.82) is 0 Å². The van der Waals surface area contributed by atoms with Crippen molar-refractivity contribution in [2.75, 3.05) is 39.1 Å². The Morgan fingerprint density at radius 1 is 1.33 bits per heavy atom. The van der Waals surface area contributed by atoms with Crippen LogP contribution in [0.25, 0.3) is 0 Å². The maximum Gasteiger partial charge on any atom is 0.246 e. The predicted molar refractivity (Wildman–Crippen MR) is 111 cm³/mol. The van der Waals surface area contributed by atoms with E-state index in [1.54, 1.807) is 0 Å². The molecule has 0 saturated carbocycles. The molecule has 2 N–H and O–H groups in total. The maximum absolute atomic E-state index is 13.8. The van der Waals surface area contributed by atoms with E-state index in [0.29, 0.717) is 18.8 Å². The van der Waals surface area contributed by atoms with Crippen molar-refractivity contribution in [1.82, 2.24) is 19.6 Å². The second-order valence-electron chi connectivity index (χ2n) is 7.53. The highest BCUT2D eigenvalue weighted by Crippen LogP contribution is 2.33. The van der Waals surface area contributed by atoms with E-state index in [-0.39, 0.29) is 23.1 Å². The fourth-order valence-corrected chi connectivity index (χ4v) is 5.81. The van der Waals surface area contributed by atoms with Gasteiger partial charge in [-0.2, -0.15) is 4.31 Å². The van der Waals surface area contributed by atoms with Gasteiger partial charge in [-0.25, -0.2) is 22.8 Å². The van der Waals surface area contributed by atoms with Crippen LogP contribution in [0.3, 0.4) is 0 Å². The van der Waals surface area contributed by atoms with E-state index in [1.165, 1.54) is 23.5 Å². The van der Waals surface area contributed by atoms with Gasteiger partial charge in [-0.3, -0.25) is 0 Å². The Balaban J connectivity index is 1.65. The Kier molecular flexibility index (Phi) is 5.90. The number of nitrogens with zero attached hydrogens (tertiary/aromatic N) is 3.